The van der Waals surface area contributed by atoms with Crippen molar-refractivity contribution < 1.29 is 13.9 Å². The second-order valence-electron chi connectivity index (χ2n) is 8.34. The van der Waals surface area contributed by atoms with Crippen LogP contribution in [0.2, 0.25) is 0 Å². The van der Waals surface area contributed by atoms with Crippen LogP contribution in [0, 0.1) is 5.82 Å². The third kappa shape index (κ3) is 5.22. The molecule has 1 atom stereocenters. The second-order valence-corrected chi connectivity index (χ2v) is 8.34. The highest BCUT2D eigenvalue weighted by Crippen LogP contribution is 2.32. The van der Waals surface area contributed by atoms with Crippen LogP contribution in [0.3, 0.4) is 0 Å². The zero-order valence-electron chi connectivity index (χ0n) is 19.3. The molecule has 0 radical (unpaired) electrons. The summed E-state index contributed by atoms with van der Waals surface area (Å²) in [5, 5.41) is 11.6. The van der Waals surface area contributed by atoms with Gasteiger partial charge in [-0.15, -0.1) is 0 Å². The van der Waals surface area contributed by atoms with E-state index in [1.165, 1.54) is 16.9 Å². The maximum Gasteiger partial charge on any atom is 0.213 e. The van der Waals surface area contributed by atoms with Crippen molar-refractivity contribution in [1.82, 2.24) is 30.3 Å². The lowest BCUT2D eigenvalue weighted by Crippen LogP contribution is -2.34. The molecule has 3 aromatic heterocycles. The van der Waals surface area contributed by atoms with Gasteiger partial charge in [0.25, 0.3) is 0 Å². The first kappa shape index (κ1) is 22.7. The molecule has 4 aromatic rings. The van der Waals surface area contributed by atoms with Crippen LogP contribution in [0.4, 0.5) is 10.2 Å². The van der Waals surface area contributed by atoms with Gasteiger partial charge in [0.05, 0.1) is 18.1 Å². The molecule has 0 saturated carbocycles. The molecule has 0 bridgehead atoms. The first-order valence-electron chi connectivity index (χ1n) is 11.5. The Morgan fingerprint density at radius 2 is 1.80 bits per heavy atom. The fraction of sp³-hybridized carbons (Fsp3) is 0.280. The quantitative estimate of drug-likeness (QED) is 0.416. The highest BCUT2D eigenvalue weighted by molar-refractivity contribution is 5.66. The van der Waals surface area contributed by atoms with Gasteiger partial charge in [-0.3, -0.25) is 0 Å². The van der Waals surface area contributed by atoms with Gasteiger partial charge in [0.15, 0.2) is 11.6 Å². The Balaban J connectivity index is 1.35. The Hall–Kier alpha value is -4.05. The summed E-state index contributed by atoms with van der Waals surface area (Å²) in [5.74, 6) is 0.826. The minimum Gasteiger partial charge on any atom is -0.482 e. The Kier molecular flexibility index (Phi) is 6.53. The van der Waals surface area contributed by atoms with E-state index in [2.05, 4.69) is 25.5 Å². The van der Waals surface area contributed by atoms with Gasteiger partial charge in [0.1, 0.15) is 18.0 Å². The van der Waals surface area contributed by atoms with E-state index in [4.69, 9.17) is 15.2 Å². The van der Waals surface area contributed by atoms with Gasteiger partial charge < -0.3 is 20.5 Å². The molecule has 5 rings (SSSR count). The maximum atomic E-state index is 14.1. The van der Waals surface area contributed by atoms with Gasteiger partial charge in [-0.1, -0.05) is 0 Å². The van der Waals surface area contributed by atoms with Crippen LogP contribution in [-0.2, 0) is 0 Å². The number of benzene rings is 1. The minimum absolute atomic E-state index is 0.180. The Bertz CT molecular complexity index is 1280. The number of nitrogens with zero attached hydrogens (tertiary/aromatic N) is 5. The normalized spacial score (nSPS) is 15.0. The number of rotatable bonds is 7. The predicted molar refractivity (Wildman–Crippen MR) is 129 cm³/mol. The van der Waals surface area contributed by atoms with Crippen molar-refractivity contribution >= 4 is 5.82 Å². The molecule has 180 valence electrons. The molecule has 1 aliphatic heterocycles. The van der Waals surface area contributed by atoms with E-state index in [1.54, 1.807) is 36.9 Å². The highest BCUT2D eigenvalue weighted by atomic mass is 19.1. The second kappa shape index (κ2) is 10.1. The molecule has 0 aliphatic carbocycles. The zero-order chi connectivity index (χ0) is 24.2. The molecule has 1 saturated heterocycles. The number of nitrogens with two attached hydrogens (primary N) is 1. The Morgan fingerprint density at radius 1 is 1.03 bits per heavy atom. The molecular formula is C25H26FN7O2. The molecule has 0 spiro atoms. The maximum absolute atomic E-state index is 14.1. The first-order valence-corrected chi connectivity index (χ1v) is 11.5. The van der Waals surface area contributed by atoms with Crippen molar-refractivity contribution in [1.29, 1.82) is 0 Å². The smallest absolute Gasteiger partial charge is 0.213 e. The molecule has 9 nitrogen and oxygen atoms in total. The molecule has 1 aromatic carbocycles. The highest BCUT2D eigenvalue weighted by Gasteiger charge is 2.19. The van der Waals surface area contributed by atoms with Gasteiger partial charge in [-0.2, -0.15) is 15.0 Å². The number of nitrogen functional groups attached to an aromatic ring is 1. The fourth-order valence-electron chi connectivity index (χ4n) is 4.04. The van der Waals surface area contributed by atoms with Gasteiger partial charge in [-0.25, -0.2) is 14.4 Å². The number of anilines is 1. The van der Waals surface area contributed by atoms with Crippen molar-refractivity contribution in [2.45, 2.75) is 32.0 Å². The molecule has 3 N–H and O–H groups in total. The Labute approximate surface area is 202 Å². The van der Waals surface area contributed by atoms with E-state index in [-0.39, 0.29) is 17.7 Å². The number of halogens is 1. The van der Waals surface area contributed by atoms with Crippen molar-refractivity contribution in [2.75, 3.05) is 18.8 Å². The third-order valence-corrected chi connectivity index (χ3v) is 5.89. The van der Waals surface area contributed by atoms with E-state index < -0.39 is 6.10 Å². The van der Waals surface area contributed by atoms with E-state index in [9.17, 15) is 4.39 Å². The summed E-state index contributed by atoms with van der Waals surface area (Å²) in [7, 11) is 0. The predicted octanol–water partition coefficient (Wildman–Crippen LogP) is 3.72. The van der Waals surface area contributed by atoms with E-state index in [0.717, 1.165) is 37.1 Å². The number of piperidine rings is 1. The number of nitrogens with one attached hydrogen (secondary N) is 1. The number of pyridine rings is 2. The summed E-state index contributed by atoms with van der Waals surface area (Å²) in [6.07, 6.45) is 8.08. The number of aromatic nitrogens is 5. The van der Waals surface area contributed by atoms with Crippen LogP contribution in [0.1, 0.15) is 31.4 Å². The summed E-state index contributed by atoms with van der Waals surface area (Å²) in [6.45, 7) is 3.72. The lowest BCUT2D eigenvalue weighted by atomic mass is 10.1. The lowest BCUT2D eigenvalue weighted by Gasteiger charge is -2.23. The average molecular weight is 476 g/mol. The molecule has 0 amide bonds. The summed E-state index contributed by atoms with van der Waals surface area (Å²) in [6, 6.07) is 9.96. The van der Waals surface area contributed by atoms with Crippen LogP contribution in [0.15, 0.2) is 61.2 Å². The molecule has 4 heterocycles. The minimum atomic E-state index is -0.551. The van der Waals surface area contributed by atoms with E-state index >= 15 is 0 Å². The molecule has 1 unspecified atom stereocenters. The number of ether oxygens (including phenoxy) is 2. The zero-order valence-corrected chi connectivity index (χ0v) is 19.3. The van der Waals surface area contributed by atoms with Crippen LogP contribution < -0.4 is 20.5 Å². The van der Waals surface area contributed by atoms with Crippen molar-refractivity contribution in [3.63, 3.8) is 0 Å². The lowest BCUT2D eigenvalue weighted by molar-refractivity contribution is 0.156. The van der Waals surface area contributed by atoms with Crippen molar-refractivity contribution in [2.24, 2.45) is 0 Å². The Morgan fingerprint density at radius 3 is 2.54 bits per heavy atom. The molecular weight excluding hydrogens is 449 g/mol. The summed E-state index contributed by atoms with van der Waals surface area (Å²) < 4.78 is 26.2. The van der Waals surface area contributed by atoms with E-state index in [1.807, 2.05) is 19.1 Å². The SMILES string of the molecule is CC(Oc1cc(-c2ccc(OC3CCNCC3)nc2)cnc1N)c1cc(F)ccc1-n1nccn1. The first-order chi connectivity index (χ1) is 17.1. The average Bonchev–Trinajstić information content (AvgIpc) is 3.41. The van der Waals surface area contributed by atoms with Crippen LogP contribution in [-0.4, -0.2) is 44.2 Å². The summed E-state index contributed by atoms with van der Waals surface area (Å²) in [4.78, 5) is 10.2. The van der Waals surface area contributed by atoms with E-state index in [0.29, 0.717) is 22.9 Å². The standard InChI is InChI=1S/C25H26FN7O2/c1-16(21-13-19(26)3-4-22(21)33-31-10-11-32-33)34-23-12-18(15-30-25(23)27)17-2-5-24(29-14-17)35-20-6-8-28-9-7-20/h2-5,10-16,20,28H,6-9H2,1H3,(H2,27,30). The summed E-state index contributed by atoms with van der Waals surface area (Å²) >= 11 is 0. The van der Waals surface area contributed by atoms with Gasteiger partial charge >= 0.3 is 0 Å². The molecule has 35 heavy (non-hydrogen) atoms. The van der Waals surface area contributed by atoms with Gasteiger partial charge in [0.2, 0.25) is 5.88 Å². The largest absolute Gasteiger partial charge is 0.482 e. The topological polar surface area (TPSA) is 113 Å². The number of hydrogen-bond donors (Lipinski definition) is 2. The molecule has 10 heteroatoms. The molecule has 1 aliphatic rings. The molecule has 1 fully saturated rings. The van der Waals surface area contributed by atoms with Crippen molar-refractivity contribution in [3.05, 3.63) is 72.6 Å². The van der Waals surface area contributed by atoms with Crippen LogP contribution in [0.25, 0.3) is 16.8 Å². The monoisotopic (exact) mass is 475 g/mol. The van der Waals surface area contributed by atoms with Gasteiger partial charge in [-0.05, 0) is 63.2 Å². The van der Waals surface area contributed by atoms with Crippen LogP contribution >= 0.6 is 0 Å². The fourth-order valence-corrected chi connectivity index (χ4v) is 4.04. The van der Waals surface area contributed by atoms with Crippen LogP contribution in [0.5, 0.6) is 11.6 Å². The summed E-state index contributed by atoms with van der Waals surface area (Å²) in [5.41, 5.74) is 8.93. The third-order valence-electron chi connectivity index (χ3n) is 5.89. The number of hydrogen-bond acceptors (Lipinski definition) is 8. The van der Waals surface area contributed by atoms with Crippen molar-refractivity contribution in [3.8, 4) is 28.4 Å². The van der Waals surface area contributed by atoms with Gasteiger partial charge in [0, 0.05) is 35.2 Å².